The van der Waals surface area contributed by atoms with Crippen molar-refractivity contribution in [2.75, 3.05) is 20.3 Å². The van der Waals surface area contributed by atoms with Crippen LogP contribution in [0.3, 0.4) is 0 Å². The monoisotopic (exact) mass is 342 g/mol. The van der Waals surface area contributed by atoms with Gasteiger partial charge in [0.2, 0.25) is 5.91 Å². The van der Waals surface area contributed by atoms with Gasteiger partial charge in [0.15, 0.2) is 0 Å². The van der Waals surface area contributed by atoms with Crippen molar-refractivity contribution in [2.24, 2.45) is 0 Å². The van der Waals surface area contributed by atoms with Crippen LogP contribution in [0.1, 0.15) is 31.9 Å². The van der Waals surface area contributed by atoms with Crippen LogP contribution in [0.4, 0.5) is 0 Å². The normalized spacial score (nSPS) is 13.8. The number of nitrogens with one attached hydrogen (secondary N) is 2. The van der Waals surface area contributed by atoms with E-state index in [2.05, 4.69) is 33.5 Å². The fourth-order valence-electron chi connectivity index (χ4n) is 1.88. The number of carbonyl (C=O) groups excluding carboxylic acids is 1. The zero-order valence-electron chi connectivity index (χ0n) is 12.3. The van der Waals surface area contributed by atoms with Gasteiger partial charge in [-0.3, -0.25) is 10.1 Å². The van der Waals surface area contributed by atoms with Crippen LogP contribution in [0.15, 0.2) is 28.7 Å². The Morgan fingerprint density at radius 1 is 1.30 bits per heavy atom. The summed E-state index contributed by atoms with van der Waals surface area (Å²) in [4.78, 5) is 11.9. The molecule has 0 fully saturated rings. The molecule has 20 heavy (non-hydrogen) atoms. The highest BCUT2D eigenvalue weighted by atomic mass is 79.9. The Balaban J connectivity index is 2.38. The molecule has 0 saturated heterocycles. The number of benzene rings is 1. The number of methoxy groups -OCH3 is 1. The molecule has 0 aliphatic rings. The molecule has 2 atom stereocenters. The van der Waals surface area contributed by atoms with Gasteiger partial charge in [0.1, 0.15) is 0 Å². The number of carbonyl (C=O) groups is 1. The minimum absolute atomic E-state index is 0.0186. The third kappa shape index (κ3) is 6.03. The molecule has 2 N–H and O–H groups in total. The fraction of sp³-hybridized carbons (Fsp3) is 0.533. The lowest BCUT2D eigenvalue weighted by molar-refractivity contribution is -0.122. The van der Waals surface area contributed by atoms with Crippen molar-refractivity contribution in [3.63, 3.8) is 0 Å². The van der Waals surface area contributed by atoms with Gasteiger partial charge >= 0.3 is 0 Å². The lowest BCUT2D eigenvalue weighted by Gasteiger charge is -2.20. The molecule has 1 amide bonds. The first-order valence-corrected chi connectivity index (χ1v) is 7.62. The first-order chi connectivity index (χ1) is 9.54. The van der Waals surface area contributed by atoms with Gasteiger partial charge in [-0.2, -0.15) is 0 Å². The van der Waals surface area contributed by atoms with Crippen molar-refractivity contribution in [3.05, 3.63) is 34.3 Å². The molecule has 1 unspecified atom stereocenters. The van der Waals surface area contributed by atoms with Crippen LogP contribution in [0, 0.1) is 0 Å². The van der Waals surface area contributed by atoms with E-state index < -0.39 is 0 Å². The molecule has 1 aromatic carbocycles. The van der Waals surface area contributed by atoms with Gasteiger partial charge in [0.05, 0.1) is 6.04 Å². The second kappa shape index (κ2) is 9.10. The Morgan fingerprint density at radius 3 is 2.55 bits per heavy atom. The molecule has 1 aromatic rings. The van der Waals surface area contributed by atoms with Gasteiger partial charge in [-0.1, -0.05) is 28.1 Å². The standard InChI is InChI=1S/C15H23BrN2O2/c1-11(13-5-7-14(16)8-6-13)18-12(2)15(19)17-9-4-10-20-3/h5-8,11-12,18H,4,9-10H2,1-3H3,(H,17,19)/t11-,12?/m0/s1. The summed E-state index contributed by atoms with van der Waals surface area (Å²) < 4.78 is 6.00. The van der Waals surface area contributed by atoms with Gasteiger partial charge in [0, 0.05) is 30.8 Å². The van der Waals surface area contributed by atoms with Gasteiger partial charge < -0.3 is 10.1 Å². The molecule has 0 spiro atoms. The maximum absolute atomic E-state index is 11.9. The Hall–Kier alpha value is -0.910. The highest BCUT2D eigenvalue weighted by Crippen LogP contribution is 2.16. The summed E-state index contributed by atoms with van der Waals surface area (Å²) in [5.41, 5.74) is 1.16. The average Bonchev–Trinajstić information content (AvgIpc) is 2.44. The summed E-state index contributed by atoms with van der Waals surface area (Å²) in [6, 6.07) is 8.00. The zero-order valence-corrected chi connectivity index (χ0v) is 13.9. The van der Waals surface area contributed by atoms with Crippen LogP contribution in [0.25, 0.3) is 0 Å². The number of amides is 1. The second-order valence-electron chi connectivity index (χ2n) is 4.80. The van der Waals surface area contributed by atoms with Crippen LogP contribution in [0.5, 0.6) is 0 Å². The maximum atomic E-state index is 11.9. The van der Waals surface area contributed by atoms with Crippen LogP contribution >= 0.6 is 15.9 Å². The first kappa shape index (κ1) is 17.1. The summed E-state index contributed by atoms with van der Waals surface area (Å²) in [6.45, 7) is 5.24. The summed E-state index contributed by atoms with van der Waals surface area (Å²) in [5, 5.41) is 6.19. The number of ether oxygens (including phenoxy) is 1. The third-order valence-corrected chi connectivity index (χ3v) is 3.62. The minimum Gasteiger partial charge on any atom is -0.385 e. The lowest BCUT2D eigenvalue weighted by Crippen LogP contribution is -2.43. The third-order valence-electron chi connectivity index (χ3n) is 3.09. The van der Waals surface area contributed by atoms with Crippen LogP contribution in [0.2, 0.25) is 0 Å². The largest absolute Gasteiger partial charge is 0.385 e. The van der Waals surface area contributed by atoms with Gasteiger partial charge in [-0.25, -0.2) is 0 Å². The minimum atomic E-state index is -0.226. The van der Waals surface area contributed by atoms with E-state index in [1.165, 1.54) is 0 Å². The van der Waals surface area contributed by atoms with Crippen LogP contribution in [-0.2, 0) is 9.53 Å². The van der Waals surface area contributed by atoms with E-state index in [1.807, 2.05) is 31.2 Å². The zero-order chi connectivity index (χ0) is 15.0. The van der Waals surface area contributed by atoms with Crippen molar-refractivity contribution in [1.82, 2.24) is 10.6 Å². The molecule has 0 radical (unpaired) electrons. The Kier molecular flexibility index (Phi) is 7.80. The summed E-state index contributed by atoms with van der Waals surface area (Å²) >= 11 is 3.42. The van der Waals surface area contributed by atoms with Gasteiger partial charge in [-0.05, 0) is 38.0 Å². The van der Waals surface area contributed by atoms with Crippen molar-refractivity contribution < 1.29 is 9.53 Å². The van der Waals surface area contributed by atoms with Gasteiger partial charge in [-0.15, -0.1) is 0 Å². The van der Waals surface area contributed by atoms with E-state index in [1.54, 1.807) is 7.11 Å². The lowest BCUT2D eigenvalue weighted by atomic mass is 10.1. The summed E-state index contributed by atoms with van der Waals surface area (Å²) in [7, 11) is 1.66. The highest BCUT2D eigenvalue weighted by molar-refractivity contribution is 9.10. The van der Waals surface area contributed by atoms with E-state index in [9.17, 15) is 4.79 Å². The van der Waals surface area contributed by atoms with Crippen molar-refractivity contribution >= 4 is 21.8 Å². The molecule has 5 heteroatoms. The van der Waals surface area contributed by atoms with E-state index >= 15 is 0 Å². The van der Waals surface area contributed by atoms with E-state index in [0.29, 0.717) is 13.2 Å². The predicted molar refractivity (Wildman–Crippen MR) is 84.7 cm³/mol. The molecule has 0 saturated carbocycles. The molecule has 1 rings (SSSR count). The molecule has 112 valence electrons. The maximum Gasteiger partial charge on any atom is 0.236 e. The second-order valence-corrected chi connectivity index (χ2v) is 5.71. The molecule has 4 nitrogen and oxygen atoms in total. The first-order valence-electron chi connectivity index (χ1n) is 6.82. The number of rotatable bonds is 8. The molecule has 0 aliphatic heterocycles. The van der Waals surface area contributed by atoms with Crippen molar-refractivity contribution in [1.29, 1.82) is 0 Å². The predicted octanol–water partition coefficient (Wildman–Crippen LogP) is 2.64. The quantitative estimate of drug-likeness (QED) is 0.714. The Labute approximate surface area is 129 Å². The molecule has 0 bridgehead atoms. The fourth-order valence-corrected chi connectivity index (χ4v) is 2.14. The molecular formula is C15H23BrN2O2. The van der Waals surface area contributed by atoms with E-state index in [4.69, 9.17) is 4.74 Å². The van der Waals surface area contributed by atoms with Crippen molar-refractivity contribution in [2.45, 2.75) is 32.4 Å². The van der Waals surface area contributed by atoms with E-state index in [0.717, 1.165) is 16.5 Å². The average molecular weight is 343 g/mol. The van der Waals surface area contributed by atoms with Crippen LogP contribution in [-0.4, -0.2) is 32.2 Å². The number of halogens is 1. The van der Waals surface area contributed by atoms with Gasteiger partial charge in [0.25, 0.3) is 0 Å². The summed E-state index contributed by atoms with van der Waals surface area (Å²) in [6.07, 6.45) is 0.831. The molecule has 0 aliphatic carbocycles. The summed E-state index contributed by atoms with van der Waals surface area (Å²) in [5.74, 6) is 0.0186. The SMILES string of the molecule is COCCCNC(=O)C(C)N[C@@H](C)c1ccc(Br)cc1. The topological polar surface area (TPSA) is 50.4 Å². The van der Waals surface area contributed by atoms with Crippen LogP contribution < -0.4 is 10.6 Å². The number of hydrogen-bond donors (Lipinski definition) is 2. The highest BCUT2D eigenvalue weighted by Gasteiger charge is 2.15. The van der Waals surface area contributed by atoms with Crippen molar-refractivity contribution in [3.8, 4) is 0 Å². The Bertz CT molecular complexity index is 409. The number of hydrogen-bond acceptors (Lipinski definition) is 3. The molecule has 0 aromatic heterocycles. The Morgan fingerprint density at radius 2 is 1.95 bits per heavy atom. The molecular weight excluding hydrogens is 320 g/mol. The smallest absolute Gasteiger partial charge is 0.236 e. The van der Waals surface area contributed by atoms with E-state index in [-0.39, 0.29) is 18.0 Å². The molecule has 0 heterocycles.